The summed E-state index contributed by atoms with van der Waals surface area (Å²) in [5.74, 6) is 2.22. The summed E-state index contributed by atoms with van der Waals surface area (Å²) >= 11 is 0. The van der Waals surface area contributed by atoms with Gasteiger partial charge in [0.25, 0.3) is 0 Å². The zero-order valence-electron chi connectivity index (χ0n) is 9.88. The third-order valence-corrected chi connectivity index (χ3v) is 2.47. The summed E-state index contributed by atoms with van der Waals surface area (Å²) in [4.78, 5) is 11.7. The monoisotopic (exact) mass is 208 g/mol. The first-order valence-electron chi connectivity index (χ1n) is 5.75. The molecule has 1 rings (SSSR count). The Balaban J connectivity index is 2.40. The third kappa shape index (κ3) is 3.90. The molecular weight excluding hydrogens is 188 g/mol. The Hall–Kier alpha value is -1.05. The van der Waals surface area contributed by atoms with E-state index in [1.165, 1.54) is 0 Å². The highest BCUT2D eigenvalue weighted by molar-refractivity contribution is 5.93. The minimum Gasteiger partial charge on any atom is -0.458 e. The summed E-state index contributed by atoms with van der Waals surface area (Å²) < 4.78 is 5.40. The Morgan fingerprint density at radius 3 is 2.67 bits per heavy atom. The van der Waals surface area contributed by atoms with Crippen LogP contribution in [0.2, 0.25) is 0 Å². The van der Waals surface area contributed by atoms with Crippen molar-refractivity contribution < 1.29 is 9.21 Å². The van der Waals surface area contributed by atoms with Gasteiger partial charge in [-0.05, 0) is 24.5 Å². The van der Waals surface area contributed by atoms with Crippen LogP contribution in [0.15, 0.2) is 16.5 Å². The summed E-state index contributed by atoms with van der Waals surface area (Å²) in [6.07, 6.45) is 3.51. The van der Waals surface area contributed by atoms with Gasteiger partial charge in [-0.3, -0.25) is 4.79 Å². The molecule has 0 bridgehead atoms. The SMILES string of the molecule is CCc1ccc(C(=O)CCCC(C)C)o1. The average Bonchev–Trinajstić information content (AvgIpc) is 2.65. The number of rotatable bonds is 6. The van der Waals surface area contributed by atoms with Crippen molar-refractivity contribution in [2.45, 2.75) is 46.5 Å². The van der Waals surface area contributed by atoms with Crippen LogP contribution in [0.1, 0.15) is 56.3 Å². The summed E-state index contributed by atoms with van der Waals surface area (Å²) in [6.45, 7) is 6.37. The molecular formula is C13H20O2. The van der Waals surface area contributed by atoms with Gasteiger partial charge < -0.3 is 4.42 Å². The van der Waals surface area contributed by atoms with Gasteiger partial charge in [0, 0.05) is 12.8 Å². The zero-order valence-corrected chi connectivity index (χ0v) is 9.88. The number of hydrogen-bond donors (Lipinski definition) is 0. The van der Waals surface area contributed by atoms with Gasteiger partial charge in [0.05, 0.1) is 0 Å². The second-order valence-corrected chi connectivity index (χ2v) is 4.33. The minimum atomic E-state index is 0.135. The van der Waals surface area contributed by atoms with E-state index in [2.05, 4.69) is 13.8 Å². The number of ketones is 1. The third-order valence-electron chi connectivity index (χ3n) is 2.47. The fourth-order valence-corrected chi connectivity index (χ4v) is 1.51. The fraction of sp³-hybridized carbons (Fsp3) is 0.615. The van der Waals surface area contributed by atoms with Gasteiger partial charge in [-0.1, -0.05) is 27.2 Å². The number of carbonyl (C=O) groups excluding carboxylic acids is 1. The van der Waals surface area contributed by atoms with Gasteiger partial charge in [0.15, 0.2) is 11.5 Å². The first-order valence-corrected chi connectivity index (χ1v) is 5.75. The normalized spacial score (nSPS) is 10.9. The predicted molar refractivity (Wildman–Crippen MR) is 61.1 cm³/mol. The Kier molecular flexibility index (Phi) is 4.60. The van der Waals surface area contributed by atoms with E-state index in [1.54, 1.807) is 6.07 Å². The van der Waals surface area contributed by atoms with Crippen LogP contribution >= 0.6 is 0 Å². The molecule has 0 aliphatic heterocycles. The van der Waals surface area contributed by atoms with Gasteiger partial charge in [0.2, 0.25) is 0 Å². The zero-order chi connectivity index (χ0) is 11.3. The molecule has 1 heterocycles. The van der Waals surface area contributed by atoms with Crippen molar-refractivity contribution in [3.8, 4) is 0 Å². The van der Waals surface area contributed by atoms with Crippen LogP contribution < -0.4 is 0 Å². The molecule has 0 unspecified atom stereocenters. The highest BCUT2D eigenvalue weighted by Gasteiger charge is 2.10. The Bertz CT molecular complexity index is 310. The lowest BCUT2D eigenvalue weighted by molar-refractivity contribution is 0.0949. The molecule has 84 valence electrons. The van der Waals surface area contributed by atoms with Gasteiger partial charge in [-0.15, -0.1) is 0 Å². The van der Waals surface area contributed by atoms with Crippen LogP contribution in [-0.4, -0.2) is 5.78 Å². The van der Waals surface area contributed by atoms with E-state index in [-0.39, 0.29) is 5.78 Å². The van der Waals surface area contributed by atoms with E-state index >= 15 is 0 Å². The first kappa shape index (κ1) is 12.0. The molecule has 1 aromatic rings. The number of Topliss-reactive ketones (excluding diaryl/α,β-unsaturated/α-hetero) is 1. The molecule has 0 aromatic carbocycles. The molecule has 0 saturated heterocycles. The molecule has 2 heteroatoms. The van der Waals surface area contributed by atoms with E-state index < -0.39 is 0 Å². The van der Waals surface area contributed by atoms with Crippen LogP contribution in [0.25, 0.3) is 0 Å². The van der Waals surface area contributed by atoms with Crippen LogP contribution in [0.3, 0.4) is 0 Å². The van der Waals surface area contributed by atoms with Gasteiger partial charge in [-0.2, -0.15) is 0 Å². The quantitative estimate of drug-likeness (QED) is 0.665. The first-order chi connectivity index (χ1) is 7.13. The fourth-order valence-electron chi connectivity index (χ4n) is 1.51. The predicted octanol–water partition coefficient (Wildman–Crippen LogP) is 3.85. The maximum Gasteiger partial charge on any atom is 0.197 e. The number of aryl methyl sites for hydroxylation is 1. The van der Waals surface area contributed by atoms with Gasteiger partial charge in [0.1, 0.15) is 5.76 Å². The topological polar surface area (TPSA) is 30.2 Å². The molecule has 0 aliphatic carbocycles. The van der Waals surface area contributed by atoms with Crippen molar-refractivity contribution in [1.29, 1.82) is 0 Å². The minimum absolute atomic E-state index is 0.135. The molecule has 0 aliphatic rings. The second kappa shape index (κ2) is 5.74. The van der Waals surface area contributed by atoms with Gasteiger partial charge >= 0.3 is 0 Å². The highest BCUT2D eigenvalue weighted by atomic mass is 16.3. The highest BCUT2D eigenvalue weighted by Crippen LogP contribution is 2.14. The van der Waals surface area contributed by atoms with Crippen LogP contribution in [-0.2, 0) is 6.42 Å². The summed E-state index contributed by atoms with van der Waals surface area (Å²) in [5, 5.41) is 0. The van der Waals surface area contributed by atoms with Crippen molar-refractivity contribution in [3.63, 3.8) is 0 Å². The molecule has 0 fully saturated rings. The molecule has 0 radical (unpaired) electrons. The van der Waals surface area contributed by atoms with Crippen molar-refractivity contribution in [2.75, 3.05) is 0 Å². The lowest BCUT2D eigenvalue weighted by Gasteiger charge is -2.02. The molecule has 2 nitrogen and oxygen atoms in total. The Morgan fingerprint density at radius 2 is 2.13 bits per heavy atom. The van der Waals surface area contributed by atoms with Crippen molar-refractivity contribution >= 4 is 5.78 Å². The van der Waals surface area contributed by atoms with E-state index in [9.17, 15) is 4.79 Å². The smallest absolute Gasteiger partial charge is 0.197 e. The summed E-state index contributed by atoms with van der Waals surface area (Å²) in [5.41, 5.74) is 0. The van der Waals surface area contributed by atoms with Crippen molar-refractivity contribution in [2.24, 2.45) is 5.92 Å². The molecule has 0 saturated carbocycles. The largest absolute Gasteiger partial charge is 0.458 e. The lowest BCUT2D eigenvalue weighted by Crippen LogP contribution is -1.98. The van der Waals surface area contributed by atoms with E-state index in [4.69, 9.17) is 4.42 Å². The number of furan rings is 1. The van der Waals surface area contributed by atoms with Crippen molar-refractivity contribution in [1.82, 2.24) is 0 Å². The molecule has 0 N–H and O–H groups in total. The van der Waals surface area contributed by atoms with Crippen LogP contribution in [0.5, 0.6) is 0 Å². The maximum absolute atomic E-state index is 11.7. The molecule has 1 aromatic heterocycles. The van der Waals surface area contributed by atoms with E-state index in [0.29, 0.717) is 18.1 Å². The molecule has 0 atom stereocenters. The molecule has 0 spiro atoms. The standard InChI is InChI=1S/C13H20O2/c1-4-11-8-9-13(15-11)12(14)7-5-6-10(2)3/h8-10H,4-7H2,1-3H3. The maximum atomic E-state index is 11.7. The Morgan fingerprint density at radius 1 is 1.40 bits per heavy atom. The van der Waals surface area contributed by atoms with Crippen molar-refractivity contribution in [3.05, 3.63) is 23.7 Å². The Labute approximate surface area is 91.7 Å². The van der Waals surface area contributed by atoms with Crippen LogP contribution in [0, 0.1) is 5.92 Å². The summed E-state index contributed by atoms with van der Waals surface area (Å²) in [6, 6.07) is 3.67. The summed E-state index contributed by atoms with van der Waals surface area (Å²) in [7, 11) is 0. The number of carbonyl (C=O) groups is 1. The van der Waals surface area contributed by atoms with E-state index in [0.717, 1.165) is 25.0 Å². The van der Waals surface area contributed by atoms with Crippen LogP contribution in [0.4, 0.5) is 0 Å². The lowest BCUT2D eigenvalue weighted by atomic mass is 10.0. The molecule has 0 amide bonds. The van der Waals surface area contributed by atoms with Gasteiger partial charge in [-0.25, -0.2) is 0 Å². The van der Waals surface area contributed by atoms with E-state index in [1.807, 2.05) is 13.0 Å². The average molecular weight is 208 g/mol. The second-order valence-electron chi connectivity index (χ2n) is 4.33. The molecule has 15 heavy (non-hydrogen) atoms. The number of hydrogen-bond acceptors (Lipinski definition) is 2.